The van der Waals surface area contributed by atoms with Gasteiger partial charge in [0.15, 0.2) is 5.16 Å². The third kappa shape index (κ3) is 3.74. The summed E-state index contributed by atoms with van der Waals surface area (Å²) in [6.45, 7) is 0. The maximum atomic E-state index is 12.2. The minimum absolute atomic E-state index is 0.167. The van der Waals surface area contributed by atoms with Crippen molar-refractivity contribution >= 4 is 46.0 Å². The number of nitrogens with one attached hydrogen (secondary N) is 2. The van der Waals surface area contributed by atoms with Gasteiger partial charge >= 0.3 is 0 Å². The van der Waals surface area contributed by atoms with E-state index in [1.165, 1.54) is 0 Å². The molecule has 4 rings (SSSR count). The second kappa shape index (κ2) is 7.23. The van der Waals surface area contributed by atoms with Gasteiger partial charge in [-0.05, 0) is 60.7 Å². The van der Waals surface area contributed by atoms with Crippen molar-refractivity contribution in [3.8, 4) is 0 Å². The molecule has 1 amide bonds. The van der Waals surface area contributed by atoms with Crippen LogP contribution >= 0.6 is 23.4 Å². The van der Waals surface area contributed by atoms with Gasteiger partial charge in [-0.2, -0.15) is 0 Å². The first-order valence-electron chi connectivity index (χ1n) is 7.97. The first-order valence-corrected chi connectivity index (χ1v) is 9.16. The van der Waals surface area contributed by atoms with Crippen LogP contribution in [0.1, 0.15) is 10.4 Å². The number of H-pyrrole nitrogens is 1. The highest BCUT2D eigenvalue weighted by atomic mass is 35.5. The summed E-state index contributed by atoms with van der Waals surface area (Å²) in [5.41, 5.74) is 3.26. The van der Waals surface area contributed by atoms with E-state index in [4.69, 9.17) is 11.6 Å². The van der Waals surface area contributed by atoms with Crippen molar-refractivity contribution < 1.29 is 4.79 Å². The van der Waals surface area contributed by atoms with Crippen LogP contribution in [0.15, 0.2) is 82.8 Å². The third-order valence-electron chi connectivity index (χ3n) is 3.80. The van der Waals surface area contributed by atoms with E-state index >= 15 is 0 Å². The zero-order chi connectivity index (χ0) is 17.9. The number of hydrogen-bond donors (Lipinski definition) is 2. The van der Waals surface area contributed by atoms with Crippen molar-refractivity contribution in [3.05, 3.63) is 83.4 Å². The molecule has 0 aliphatic carbocycles. The second-order valence-electron chi connectivity index (χ2n) is 5.65. The summed E-state index contributed by atoms with van der Waals surface area (Å²) in [5.74, 6) is -0.167. The molecule has 0 bridgehead atoms. The number of carbonyl (C=O) groups is 1. The van der Waals surface area contributed by atoms with Crippen LogP contribution in [0, 0.1) is 0 Å². The number of benzene rings is 3. The zero-order valence-electron chi connectivity index (χ0n) is 13.6. The number of hydrogen-bond acceptors (Lipinski definition) is 3. The summed E-state index contributed by atoms with van der Waals surface area (Å²) in [4.78, 5) is 21.1. The minimum atomic E-state index is -0.167. The molecule has 0 aliphatic rings. The minimum Gasteiger partial charge on any atom is -0.333 e. The van der Waals surface area contributed by atoms with Crippen molar-refractivity contribution in [1.29, 1.82) is 0 Å². The number of aromatic amines is 1. The van der Waals surface area contributed by atoms with Crippen LogP contribution in [0.4, 0.5) is 5.69 Å². The number of nitrogens with zero attached hydrogens (tertiary/aromatic N) is 1. The summed E-state index contributed by atoms with van der Waals surface area (Å²) < 4.78 is 0. The summed E-state index contributed by atoms with van der Waals surface area (Å²) in [6, 6.07) is 22.4. The molecule has 1 aromatic heterocycles. The number of rotatable bonds is 4. The number of carbonyl (C=O) groups excluding carboxylic acids is 1. The smallest absolute Gasteiger partial charge is 0.255 e. The lowest BCUT2D eigenvalue weighted by Crippen LogP contribution is -2.11. The zero-order valence-corrected chi connectivity index (χ0v) is 15.1. The molecule has 1 heterocycles. The van der Waals surface area contributed by atoms with Gasteiger partial charge in [0, 0.05) is 21.2 Å². The number of fused-ring (bicyclic) bond motifs is 1. The van der Waals surface area contributed by atoms with Crippen molar-refractivity contribution in [2.24, 2.45) is 0 Å². The molecule has 0 unspecified atom stereocenters. The van der Waals surface area contributed by atoms with Crippen molar-refractivity contribution in [2.45, 2.75) is 10.1 Å². The Kier molecular flexibility index (Phi) is 4.65. The Hall–Kier alpha value is -2.76. The fraction of sp³-hybridized carbons (Fsp3) is 0. The van der Waals surface area contributed by atoms with Gasteiger partial charge in [0.05, 0.1) is 11.0 Å². The van der Waals surface area contributed by atoms with Gasteiger partial charge in [0.25, 0.3) is 5.91 Å². The first kappa shape index (κ1) is 16.7. The average molecular weight is 380 g/mol. The Balaban J connectivity index is 1.44. The molecule has 26 heavy (non-hydrogen) atoms. The Morgan fingerprint density at radius 2 is 1.69 bits per heavy atom. The third-order valence-corrected chi connectivity index (χ3v) is 4.95. The van der Waals surface area contributed by atoms with E-state index in [0.717, 1.165) is 26.8 Å². The van der Waals surface area contributed by atoms with Crippen LogP contribution < -0.4 is 5.32 Å². The van der Waals surface area contributed by atoms with Crippen molar-refractivity contribution in [3.63, 3.8) is 0 Å². The molecule has 0 spiro atoms. The topological polar surface area (TPSA) is 57.8 Å². The maximum Gasteiger partial charge on any atom is 0.255 e. The van der Waals surface area contributed by atoms with Crippen LogP contribution in [-0.4, -0.2) is 15.9 Å². The average Bonchev–Trinajstić information content (AvgIpc) is 3.06. The highest BCUT2D eigenvalue weighted by Crippen LogP contribution is 2.28. The van der Waals surface area contributed by atoms with E-state index < -0.39 is 0 Å². The van der Waals surface area contributed by atoms with Gasteiger partial charge in [0.2, 0.25) is 0 Å². The lowest BCUT2D eigenvalue weighted by molar-refractivity contribution is 0.102. The predicted octanol–water partition coefficient (Wildman–Crippen LogP) is 5.62. The summed E-state index contributed by atoms with van der Waals surface area (Å²) in [7, 11) is 0. The van der Waals surface area contributed by atoms with Crippen molar-refractivity contribution in [2.75, 3.05) is 5.32 Å². The van der Waals surface area contributed by atoms with Crippen LogP contribution in [0.3, 0.4) is 0 Å². The number of aromatic nitrogens is 2. The molecule has 0 atom stereocenters. The Labute approximate surface area is 159 Å². The van der Waals surface area contributed by atoms with E-state index in [1.54, 1.807) is 36.0 Å². The van der Waals surface area contributed by atoms with Gasteiger partial charge in [-0.3, -0.25) is 4.79 Å². The second-order valence-corrected chi connectivity index (χ2v) is 7.15. The summed E-state index contributed by atoms with van der Waals surface area (Å²) in [5, 5.41) is 4.32. The first-order chi connectivity index (χ1) is 12.7. The molecule has 0 saturated carbocycles. The largest absolute Gasteiger partial charge is 0.333 e. The van der Waals surface area contributed by atoms with Crippen LogP contribution in [0.25, 0.3) is 11.0 Å². The molecule has 4 aromatic rings. The number of amides is 1. The highest BCUT2D eigenvalue weighted by molar-refractivity contribution is 7.99. The normalized spacial score (nSPS) is 10.8. The Morgan fingerprint density at radius 3 is 2.42 bits per heavy atom. The molecular weight excluding hydrogens is 366 g/mol. The van der Waals surface area contributed by atoms with Gasteiger partial charge < -0.3 is 10.3 Å². The maximum absolute atomic E-state index is 12.2. The van der Waals surface area contributed by atoms with Crippen LogP contribution in [0.2, 0.25) is 5.02 Å². The van der Waals surface area contributed by atoms with Crippen LogP contribution in [-0.2, 0) is 0 Å². The van der Waals surface area contributed by atoms with E-state index in [2.05, 4.69) is 15.3 Å². The molecular formula is C20H14ClN3OS. The lowest BCUT2D eigenvalue weighted by Gasteiger charge is -2.06. The molecule has 6 heteroatoms. The fourth-order valence-electron chi connectivity index (χ4n) is 2.50. The lowest BCUT2D eigenvalue weighted by atomic mass is 10.2. The molecule has 128 valence electrons. The van der Waals surface area contributed by atoms with Gasteiger partial charge in [-0.1, -0.05) is 35.5 Å². The summed E-state index contributed by atoms with van der Waals surface area (Å²) >= 11 is 7.39. The number of halogens is 1. The van der Waals surface area contributed by atoms with Gasteiger partial charge in [-0.15, -0.1) is 0 Å². The number of anilines is 1. The monoisotopic (exact) mass is 379 g/mol. The van der Waals surface area contributed by atoms with Gasteiger partial charge in [0.1, 0.15) is 0 Å². The number of imidazole rings is 1. The molecule has 0 aliphatic heterocycles. The Bertz CT molecular complexity index is 1030. The standard InChI is InChI=1S/C20H14ClN3OS/c21-14-7-5-13(6-8-14)19(25)22-15-9-11-16(12-10-15)26-20-23-17-3-1-2-4-18(17)24-20/h1-12H,(H,22,25)(H,23,24). The highest BCUT2D eigenvalue weighted by Gasteiger charge is 2.07. The Morgan fingerprint density at radius 1 is 0.962 bits per heavy atom. The van der Waals surface area contributed by atoms with E-state index in [9.17, 15) is 4.79 Å². The molecule has 0 fully saturated rings. The fourth-order valence-corrected chi connectivity index (χ4v) is 3.43. The van der Waals surface area contributed by atoms with Crippen LogP contribution in [0.5, 0.6) is 0 Å². The van der Waals surface area contributed by atoms with Crippen molar-refractivity contribution in [1.82, 2.24) is 9.97 Å². The van der Waals surface area contributed by atoms with E-state index in [-0.39, 0.29) is 5.91 Å². The molecule has 0 saturated heterocycles. The van der Waals surface area contributed by atoms with Gasteiger partial charge in [-0.25, -0.2) is 4.98 Å². The number of para-hydroxylation sites is 2. The van der Waals surface area contributed by atoms with E-state index in [1.807, 2.05) is 48.5 Å². The predicted molar refractivity (Wildman–Crippen MR) is 106 cm³/mol. The quantitative estimate of drug-likeness (QED) is 0.483. The molecule has 2 N–H and O–H groups in total. The summed E-state index contributed by atoms with van der Waals surface area (Å²) in [6.07, 6.45) is 0. The SMILES string of the molecule is O=C(Nc1ccc(Sc2nc3ccccc3[nH]2)cc1)c1ccc(Cl)cc1. The molecule has 4 nitrogen and oxygen atoms in total. The molecule has 3 aromatic carbocycles. The molecule has 0 radical (unpaired) electrons. The van der Waals surface area contributed by atoms with E-state index in [0.29, 0.717) is 10.6 Å².